The van der Waals surface area contributed by atoms with Gasteiger partial charge in [-0.1, -0.05) is 48.7 Å². The van der Waals surface area contributed by atoms with Crippen LogP contribution in [0, 0.1) is 0 Å². The number of carbonyl (C=O) groups is 2. The summed E-state index contributed by atoms with van der Waals surface area (Å²) < 4.78 is 0. The van der Waals surface area contributed by atoms with E-state index in [0.29, 0.717) is 22.3 Å². The molecule has 0 aliphatic rings. The minimum absolute atomic E-state index is 0.106. The van der Waals surface area contributed by atoms with Crippen molar-refractivity contribution in [2.45, 2.75) is 19.8 Å². The van der Waals surface area contributed by atoms with Gasteiger partial charge in [0, 0.05) is 6.54 Å². The van der Waals surface area contributed by atoms with Gasteiger partial charge in [-0.25, -0.2) is 4.98 Å². The first-order valence-electron chi connectivity index (χ1n) is 7.53. The monoisotopic (exact) mass is 365 g/mol. The molecule has 2 aromatic rings. The summed E-state index contributed by atoms with van der Waals surface area (Å²) in [6.45, 7) is 2.61. The molecule has 2 rings (SSSR count). The molecule has 0 aliphatic heterocycles. The Labute approximate surface area is 150 Å². The maximum absolute atomic E-state index is 12.3. The fourth-order valence-corrected chi connectivity index (χ4v) is 2.44. The lowest BCUT2D eigenvalue weighted by molar-refractivity contribution is 0.0948. The molecule has 0 aliphatic carbocycles. The number of hydrogen-bond donors (Lipinski definition) is 2. The summed E-state index contributed by atoms with van der Waals surface area (Å²) in [5.74, 6) is -0.804. The second-order valence-corrected chi connectivity index (χ2v) is 5.88. The fourth-order valence-electron chi connectivity index (χ4n) is 1.95. The van der Waals surface area contributed by atoms with E-state index >= 15 is 0 Å². The zero-order valence-electron chi connectivity index (χ0n) is 13.1. The number of anilines is 1. The maximum Gasteiger partial charge on any atom is 0.274 e. The van der Waals surface area contributed by atoms with Gasteiger partial charge in [-0.15, -0.1) is 0 Å². The van der Waals surface area contributed by atoms with Gasteiger partial charge in [0.1, 0.15) is 11.4 Å². The molecule has 7 heteroatoms. The molecule has 24 heavy (non-hydrogen) atoms. The highest BCUT2D eigenvalue weighted by atomic mass is 35.5. The van der Waals surface area contributed by atoms with Crippen LogP contribution in [0.4, 0.5) is 5.69 Å². The smallest absolute Gasteiger partial charge is 0.274 e. The van der Waals surface area contributed by atoms with Crippen LogP contribution >= 0.6 is 23.2 Å². The largest absolute Gasteiger partial charge is 0.351 e. The molecular formula is C17H17Cl2N3O2. The number of carbonyl (C=O) groups excluding carboxylic acids is 2. The number of para-hydroxylation sites is 1. The van der Waals surface area contributed by atoms with Crippen LogP contribution in [0.25, 0.3) is 0 Å². The maximum atomic E-state index is 12.3. The molecule has 2 N–H and O–H groups in total. The lowest BCUT2D eigenvalue weighted by Crippen LogP contribution is -2.26. The third-order valence-corrected chi connectivity index (χ3v) is 3.86. The molecule has 0 saturated carbocycles. The second kappa shape index (κ2) is 8.66. The number of amides is 2. The first-order chi connectivity index (χ1) is 11.5. The minimum Gasteiger partial charge on any atom is -0.351 e. The Morgan fingerprint density at radius 2 is 1.58 bits per heavy atom. The van der Waals surface area contributed by atoms with Gasteiger partial charge in [0.05, 0.1) is 15.7 Å². The Bertz CT molecular complexity index is 730. The first-order valence-corrected chi connectivity index (χ1v) is 8.29. The van der Waals surface area contributed by atoms with Gasteiger partial charge >= 0.3 is 0 Å². The lowest BCUT2D eigenvalue weighted by atomic mass is 10.2. The van der Waals surface area contributed by atoms with E-state index in [4.69, 9.17) is 23.2 Å². The molecule has 2 amide bonds. The van der Waals surface area contributed by atoms with Crippen LogP contribution in [0.1, 0.15) is 40.7 Å². The van der Waals surface area contributed by atoms with Crippen molar-refractivity contribution < 1.29 is 9.59 Å². The quantitative estimate of drug-likeness (QED) is 0.754. The summed E-state index contributed by atoms with van der Waals surface area (Å²) in [4.78, 5) is 28.4. The Kier molecular flexibility index (Phi) is 6.58. The summed E-state index contributed by atoms with van der Waals surface area (Å²) in [5, 5.41) is 6.02. The van der Waals surface area contributed by atoms with Crippen LogP contribution in [0.3, 0.4) is 0 Å². The van der Waals surface area contributed by atoms with Gasteiger partial charge < -0.3 is 10.6 Å². The summed E-state index contributed by atoms with van der Waals surface area (Å²) in [6.07, 6.45) is 1.87. The molecule has 1 heterocycles. The predicted octanol–water partition coefficient (Wildman–Crippen LogP) is 4.17. The van der Waals surface area contributed by atoms with Gasteiger partial charge in [-0.05, 0) is 30.7 Å². The number of halogens is 2. The zero-order valence-corrected chi connectivity index (χ0v) is 14.6. The predicted molar refractivity (Wildman–Crippen MR) is 95.9 cm³/mol. The normalized spacial score (nSPS) is 10.3. The van der Waals surface area contributed by atoms with Crippen molar-refractivity contribution in [3.8, 4) is 0 Å². The fraction of sp³-hybridized carbons (Fsp3) is 0.235. The molecule has 0 atom stereocenters. The van der Waals surface area contributed by atoms with E-state index in [9.17, 15) is 9.59 Å². The average Bonchev–Trinajstić information content (AvgIpc) is 2.58. The van der Waals surface area contributed by atoms with E-state index < -0.39 is 5.91 Å². The molecule has 1 aromatic carbocycles. The molecule has 126 valence electrons. The van der Waals surface area contributed by atoms with Crippen molar-refractivity contribution in [2.75, 3.05) is 11.9 Å². The SMILES string of the molecule is CCCCNC(=O)c1cccc(C(=O)Nc2c(Cl)cccc2Cl)n1. The van der Waals surface area contributed by atoms with Crippen molar-refractivity contribution in [1.29, 1.82) is 0 Å². The molecule has 0 fully saturated rings. The number of benzene rings is 1. The number of nitrogens with one attached hydrogen (secondary N) is 2. The van der Waals surface area contributed by atoms with Crippen LogP contribution in [-0.4, -0.2) is 23.3 Å². The average molecular weight is 366 g/mol. The van der Waals surface area contributed by atoms with Crippen LogP contribution < -0.4 is 10.6 Å². The van der Waals surface area contributed by atoms with E-state index in [1.807, 2.05) is 6.92 Å². The van der Waals surface area contributed by atoms with Gasteiger partial charge in [-0.2, -0.15) is 0 Å². The molecule has 5 nitrogen and oxygen atoms in total. The van der Waals surface area contributed by atoms with E-state index in [0.717, 1.165) is 12.8 Å². The Morgan fingerprint density at radius 1 is 1.00 bits per heavy atom. The summed E-state index contributed by atoms with van der Waals surface area (Å²) in [5.41, 5.74) is 0.601. The Balaban J connectivity index is 2.13. The summed E-state index contributed by atoms with van der Waals surface area (Å²) >= 11 is 12.1. The number of rotatable bonds is 6. The highest BCUT2D eigenvalue weighted by Gasteiger charge is 2.15. The van der Waals surface area contributed by atoms with Gasteiger partial charge in [0.25, 0.3) is 11.8 Å². The standard InChI is InChI=1S/C17H17Cl2N3O2/c1-2-3-10-20-16(23)13-8-5-9-14(21-13)17(24)22-15-11(18)6-4-7-12(15)19/h4-9H,2-3,10H2,1H3,(H,20,23)(H,22,24). The van der Waals surface area contributed by atoms with Crippen LogP contribution in [0.15, 0.2) is 36.4 Å². The number of unbranched alkanes of at least 4 members (excludes halogenated alkanes) is 1. The number of nitrogens with zero attached hydrogens (tertiary/aromatic N) is 1. The number of hydrogen-bond acceptors (Lipinski definition) is 3. The van der Waals surface area contributed by atoms with Crippen LogP contribution in [0.2, 0.25) is 10.0 Å². The topological polar surface area (TPSA) is 71.1 Å². The van der Waals surface area contributed by atoms with Gasteiger partial charge in [0.2, 0.25) is 0 Å². The van der Waals surface area contributed by atoms with E-state index in [1.165, 1.54) is 6.07 Å². The van der Waals surface area contributed by atoms with Crippen molar-refractivity contribution in [2.24, 2.45) is 0 Å². The van der Waals surface area contributed by atoms with E-state index in [-0.39, 0.29) is 17.3 Å². The molecule has 0 saturated heterocycles. The van der Waals surface area contributed by atoms with E-state index in [1.54, 1.807) is 30.3 Å². The zero-order chi connectivity index (χ0) is 17.5. The Morgan fingerprint density at radius 3 is 2.21 bits per heavy atom. The van der Waals surface area contributed by atoms with Crippen molar-refractivity contribution in [3.63, 3.8) is 0 Å². The molecule has 0 unspecified atom stereocenters. The second-order valence-electron chi connectivity index (χ2n) is 5.07. The minimum atomic E-state index is -0.492. The first kappa shape index (κ1) is 18.2. The van der Waals surface area contributed by atoms with Crippen LogP contribution in [0.5, 0.6) is 0 Å². The van der Waals surface area contributed by atoms with Gasteiger partial charge in [0.15, 0.2) is 0 Å². The molecule has 0 spiro atoms. The number of aromatic nitrogens is 1. The Hall–Kier alpha value is -2.11. The van der Waals surface area contributed by atoms with Crippen molar-refractivity contribution in [1.82, 2.24) is 10.3 Å². The number of pyridine rings is 1. The third kappa shape index (κ3) is 4.69. The highest BCUT2D eigenvalue weighted by Crippen LogP contribution is 2.30. The summed E-state index contributed by atoms with van der Waals surface area (Å²) in [7, 11) is 0. The third-order valence-electron chi connectivity index (χ3n) is 3.23. The molecule has 0 radical (unpaired) electrons. The molecule has 0 bridgehead atoms. The molecule has 1 aromatic heterocycles. The lowest BCUT2D eigenvalue weighted by Gasteiger charge is -2.09. The van der Waals surface area contributed by atoms with Crippen molar-refractivity contribution in [3.05, 3.63) is 57.8 Å². The van der Waals surface area contributed by atoms with Crippen molar-refractivity contribution >= 4 is 40.7 Å². The van der Waals surface area contributed by atoms with Crippen LogP contribution in [-0.2, 0) is 0 Å². The highest BCUT2D eigenvalue weighted by molar-refractivity contribution is 6.40. The summed E-state index contributed by atoms with van der Waals surface area (Å²) in [6, 6.07) is 9.59. The van der Waals surface area contributed by atoms with E-state index in [2.05, 4.69) is 15.6 Å². The van der Waals surface area contributed by atoms with Gasteiger partial charge in [-0.3, -0.25) is 9.59 Å². The molecular weight excluding hydrogens is 349 g/mol.